The van der Waals surface area contributed by atoms with Crippen LogP contribution in [0.3, 0.4) is 0 Å². The van der Waals surface area contributed by atoms with Crippen molar-refractivity contribution >= 4 is 45.9 Å². The Bertz CT molecular complexity index is 1280. The molecule has 0 unspecified atom stereocenters. The van der Waals surface area contributed by atoms with Crippen molar-refractivity contribution in [1.82, 2.24) is 19.7 Å². The SMILES string of the molecule is C=CCn1c(SCC(=O)Nc2sc(C(=O)N(C)C)c(C)c2C(=O)OC)nnc1-c1ccc(OC)cc1. The number of carbonyl (C=O) groups is 3. The summed E-state index contributed by atoms with van der Waals surface area (Å²) < 4.78 is 11.9. The van der Waals surface area contributed by atoms with Gasteiger partial charge in [-0.15, -0.1) is 28.1 Å². The van der Waals surface area contributed by atoms with Crippen LogP contribution < -0.4 is 10.1 Å². The molecule has 2 amide bonds. The highest BCUT2D eigenvalue weighted by Crippen LogP contribution is 2.34. The first-order valence-corrected chi connectivity index (χ1v) is 12.6. The predicted molar refractivity (Wildman–Crippen MR) is 140 cm³/mol. The lowest BCUT2D eigenvalue weighted by Crippen LogP contribution is -2.21. The third-order valence-electron chi connectivity index (χ3n) is 5.10. The number of nitrogens with one attached hydrogen (secondary N) is 1. The number of aromatic nitrogens is 3. The highest BCUT2D eigenvalue weighted by molar-refractivity contribution is 7.99. The van der Waals surface area contributed by atoms with Crippen molar-refractivity contribution in [2.75, 3.05) is 39.4 Å². The van der Waals surface area contributed by atoms with E-state index in [1.165, 1.54) is 23.8 Å². The first-order chi connectivity index (χ1) is 17.2. The van der Waals surface area contributed by atoms with E-state index < -0.39 is 5.97 Å². The zero-order valence-electron chi connectivity index (χ0n) is 20.7. The molecular formula is C24H27N5O5S2. The second-order valence-electron chi connectivity index (χ2n) is 7.72. The van der Waals surface area contributed by atoms with Crippen LogP contribution in [0.1, 0.15) is 25.6 Å². The monoisotopic (exact) mass is 529 g/mol. The van der Waals surface area contributed by atoms with E-state index in [1.807, 2.05) is 28.8 Å². The molecule has 3 rings (SSSR count). The number of hydrogen-bond donors (Lipinski definition) is 1. The quantitative estimate of drug-likeness (QED) is 0.240. The summed E-state index contributed by atoms with van der Waals surface area (Å²) in [6.07, 6.45) is 1.72. The van der Waals surface area contributed by atoms with Crippen molar-refractivity contribution in [3.63, 3.8) is 0 Å². The maximum atomic E-state index is 12.8. The summed E-state index contributed by atoms with van der Waals surface area (Å²) in [6.45, 7) is 5.91. The van der Waals surface area contributed by atoms with Gasteiger partial charge in [0.1, 0.15) is 10.8 Å². The van der Waals surface area contributed by atoms with Gasteiger partial charge in [0.15, 0.2) is 11.0 Å². The summed E-state index contributed by atoms with van der Waals surface area (Å²) in [4.78, 5) is 39.5. The summed E-state index contributed by atoms with van der Waals surface area (Å²) in [5, 5.41) is 12.1. The van der Waals surface area contributed by atoms with Crippen LogP contribution >= 0.6 is 23.1 Å². The summed E-state index contributed by atoms with van der Waals surface area (Å²) in [5.74, 6) is 0.112. The van der Waals surface area contributed by atoms with Gasteiger partial charge in [0.2, 0.25) is 5.91 Å². The number of anilines is 1. The fourth-order valence-corrected chi connectivity index (χ4v) is 5.27. The van der Waals surface area contributed by atoms with Gasteiger partial charge in [-0.2, -0.15) is 0 Å². The van der Waals surface area contributed by atoms with Crippen molar-refractivity contribution < 1.29 is 23.9 Å². The van der Waals surface area contributed by atoms with Gasteiger partial charge in [-0.1, -0.05) is 17.8 Å². The minimum atomic E-state index is -0.626. The summed E-state index contributed by atoms with van der Waals surface area (Å²) in [7, 11) is 6.09. The van der Waals surface area contributed by atoms with Gasteiger partial charge in [-0.3, -0.25) is 14.2 Å². The molecule has 0 saturated carbocycles. The zero-order chi connectivity index (χ0) is 26.4. The molecule has 36 heavy (non-hydrogen) atoms. The zero-order valence-corrected chi connectivity index (χ0v) is 22.3. The van der Waals surface area contributed by atoms with E-state index in [0.717, 1.165) is 22.6 Å². The number of rotatable bonds is 10. The number of hydrogen-bond acceptors (Lipinski definition) is 9. The molecule has 0 aliphatic heterocycles. The average Bonchev–Trinajstić information content (AvgIpc) is 3.42. The molecule has 0 aliphatic rings. The molecule has 1 aromatic carbocycles. The Balaban J connectivity index is 1.80. The van der Waals surface area contributed by atoms with Crippen LogP contribution in [0.4, 0.5) is 5.00 Å². The third kappa shape index (κ3) is 5.77. The Morgan fingerprint density at radius 2 is 1.89 bits per heavy atom. The second-order valence-corrected chi connectivity index (χ2v) is 9.69. The summed E-state index contributed by atoms with van der Waals surface area (Å²) >= 11 is 2.24. The number of esters is 1. The maximum absolute atomic E-state index is 12.8. The largest absolute Gasteiger partial charge is 0.497 e. The lowest BCUT2D eigenvalue weighted by molar-refractivity contribution is -0.113. The van der Waals surface area contributed by atoms with Gasteiger partial charge >= 0.3 is 5.97 Å². The molecule has 10 nitrogen and oxygen atoms in total. The van der Waals surface area contributed by atoms with E-state index in [4.69, 9.17) is 9.47 Å². The number of thioether (sulfide) groups is 1. The Morgan fingerprint density at radius 1 is 1.19 bits per heavy atom. The Morgan fingerprint density at radius 3 is 2.47 bits per heavy atom. The normalized spacial score (nSPS) is 10.6. The molecule has 1 N–H and O–H groups in total. The van der Waals surface area contributed by atoms with Gasteiger partial charge in [0, 0.05) is 26.2 Å². The first-order valence-electron chi connectivity index (χ1n) is 10.8. The standard InChI is InChI=1S/C24H27N5O5S2/c1-7-12-29-20(15-8-10-16(33-5)11-9-15)26-27-24(29)35-13-17(30)25-21-18(23(32)34-6)14(2)19(36-21)22(31)28(3)4/h7-11H,1,12-13H2,2-6H3,(H,25,30). The number of amides is 2. The third-order valence-corrected chi connectivity index (χ3v) is 7.26. The smallest absolute Gasteiger partial charge is 0.341 e. The van der Waals surface area contributed by atoms with E-state index in [-0.39, 0.29) is 28.1 Å². The van der Waals surface area contributed by atoms with E-state index in [1.54, 1.807) is 34.2 Å². The van der Waals surface area contributed by atoms with E-state index in [9.17, 15) is 14.4 Å². The molecule has 0 fully saturated rings. The number of allylic oxidation sites excluding steroid dienone is 1. The van der Waals surface area contributed by atoms with Crippen LogP contribution in [0.15, 0.2) is 42.1 Å². The second kappa shape index (κ2) is 11.9. The fourth-order valence-electron chi connectivity index (χ4n) is 3.29. The molecule has 0 atom stereocenters. The Labute approximate surface area is 217 Å². The lowest BCUT2D eigenvalue weighted by Gasteiger charge is -2.09. The first kappa shape index (κ1) is 27.0. The molecule has 0 radical (unpaired) electrons. The van der Waals surface area contributed by atoms with E-state index >= 15 is 0 Å². The van der Waals surface area contributed by atoms with Crippen molar-refractivity contribution in [2.45, 2.75) is 18.6 Å². The van der Waals surface area contributed by atoms with Gasteiger partial charge in [-0.25, -0.2) is 4.79 Å². The molecule has 190 valence electrons. The van der Waals surface area contributed by atoms with Gasteiger partial charge in [0.05, 0.1) is 30.4 Å². The highest BCUT2D eigenvalue weighted by atomic mass is 32.2. The molecule has 2 heterocycles. The topological polar surface area (TPSA) is 116 Å². The van der Waals surface area contributed by atoms with E-state index in [2.05, 4.69) is 22.1 Å². The minimum Gasteiger partial charge on any atom is -0.497 e. The highest BCUT2D eigenvalue weighted by Gasteiger charge is 2.27. The van der Waals surface area contributed by atoms with E-state index in [0.29, 0.717) is 28.0 Å². The van der Waals surface area contributed by atoms with Gasteiger partial charge in [-0.05, 0) is 36.8 Å². The number of methoxy groups -OCH3 is 2. The number of thiophene rings is 1. The van der Waals surface area contributed by atoms with Crippen molar-refractivity contribution in [3.8, 4) is 17.1 Å². The number of nitrogens with zero attached hydrogens (tertiary/aromatic N) is 4. The van der Waals surface area contributed by atoms with Crippen LogP contribution in [-0.2, 0) is 16.1 Å². The van der Waals surface area contributed by atoms with Crippen LogP contribution in [0, 0.1) is 6.92 Å². The minimum absolute atomic E-state index is 0.00636. The molecule has 0 saturated heterocycles. The molecule has 0 aliphatic carbocycles. The summed E-state index contributed by atoms with van der Waals surface area (Å²) in [6, 6.07) is 7.42. The fraction of sp³-hybridized carbons (Fsp3) is 0.292. The molecule has 3 aromatic rings. The van der Waals surface area contributed by atoms with Gasteiger partial charge in [0.25, 0.3) is 5.91 Å². The molecule has 12 heteroatoms. The molecule has 0 spiro atoms. The average molecular weight is 530 g/mol. The van der Waals surface area contributed by atoms with Gasteiger partial charge < -0.3 is 19.7 Å². The Hall–Kier alpha value is -3.64. The summed E-state index contributed by atoms with van der Waals surface area (Å²) in [5.41, 5.74) is 1.47. The van der Waals surface area contributed by atoms with Crippen molar-refractivity contribution in [3.05, 3.63) is 52.9 Å². The van der Waals surface area contributed by atoms with Crippen LogP contribution in [0.2, 0.25) is 0 Å². The number of ether oxygens (including phenoxy) is 2. The maximum Gasteiger partial charge on any atom is 0.341 e. The lowest BCUT2D eigenvalue weighted by atomic mass is 10.1. The number of carbonyl (C=O) groups excluding carboxylic acids is 3. The van der Waals surface area contributed by atoms with Crippen LogP contribution in [0.5, 0.6) is 5.75 Å². The molecule has 0 bridgehead atoms. The van der Waals surface area contributed by atoms with Crippen molar-refractivity contribution in [1.29, 1.82) is 0 Å². The number of benzene rings is 1. The van der Waals surface area contributed by atoms with Crippen molar-refractivity contribution in [2.24, 2.45) is 0 Å². The Kier molecular flexibility index (Phi) is 8.88. The predicted octanol–water partition coefficient (Wildman–Crippen LogP) is 3.73. The van der Waals surface area contributed by atoms with Crippen LogP contribution in [-0.4, -0.2) is 71.5 Å². The molecule has 2 aromatic heterocycles. The van der Waals surface area contributed by atoms with Crippen LogP contribution in [0.25, 0.3) is 11.4 Å². The molecular weight excluding hydrogens is 502 g/mol.